The molecule has 2 aromatic carbocycles. The SMILES string of the molecule is CCNC(=O)[C@@H](C)N(Cc1ccccc1C)C(=O)COc1ccc(Br)c(C)c1. The molecule has 0 unspecified atom stereocenters. The van der Waals surface area contributed by atoms with Gasteiger partial charge in [0.05, 0.1) is 0 Å². The van der Waals surface area contributed by atoms with Crippen molar-refractivity contribution in [3.63, 3.8) is 0 Å². The summed E-state index contributed by atoms with van der Waals surface area (Å²) in [7, 11) is 0. The van der Waals surface area contributed by atoms with Gasteiger partial charge in [-0.25, -0.2) is 0 Å². The highest BCUT2D eigenvalue weighted by Gasteiger charge is 2.26. The number of likely N-dealkylation sites (N-methyl/N-ethyl adjacent to an activating group) is 1. The Labute approximate surface area is 175 Å². The second-order valence-electron chi connectivity index (χ2n) is 6.72. The van der Waals surface area contributed by atoms with Crippen LogP contribution < -0.4 is 10.1 Å². The normalized spacial score (nSPS) is 11.6. The highest BCUT2D eigenvalue weighted by atomic mass is 79.9. The van der Waals surface area contributed by atoms with Gasteiger partial charge in [0.1, 0.15) is 11.8 Å². The molecule has 0 radical (unpaired) electrons. The van der Waals surface area contributed by atoms with E-state index >= 15 is 0 Å². The fraction of sp³-hybridized carbons (Fsp3) is 0.364. The van der Waals surface area contributed by atoms with Crippen LogP contribution in [0.3, 0.4) is 0 Å². The Hall–Kier alpha value is -2.34. The lowest BCUT2D eigenvalue weighted by Crippen LogP contribution is -2.49. The third kappa shape index (κ3) is 5.83. The summed E-state index contributed by atoms with van der Waals surface area (Å²) in [6.07, 6.45) is 0. The van der Waals surface area contributed by atoms with Gasteiger partial charge in [0, 0.05) is 17.6 Å². The van der Waals surface area contributed by atoms with Crippen LogP contribution in [0.1, 0.15) is 30.5 Å². The van der Waals surface area contributed by atoms with Gasteiger partial charge in [0.15, 0.2) is 6.61 Å². The van der Waals surface area contributed by atoms with Crippen molar-refractivity contribution < 1.29 is 14.3 Å². The van der Waals surface area contributed by atoms with Gasteiger partial charge in [-0.05, 0) is 62.6 Å². The van der Waals surface area contributed by atoms with E-state index in [-0.39, 0.29) is 18.4 Å². The van der Waals surface area contributed by atoms with Gasteiger partial charge < -0.3 is 15.0 Å². The topological polar surface area (TPSA) is 58.6 Å². The van der Waals surface area contributed by atoms with Crippen molar-refractivity contribution in [2.24, 2.45) is 0 Å². The molecule has 2 aromatic rings. The molecule has 0 aliphatic carbocycles. The van der Waals surface area contributed by atoms with Gasteiger partial charge in [-0.1, -0.05) is 40.2 Å². The average Bonchev–Trinajstić information content (AvgIpc) is 2.67. The number of hydrogen-bond acceptors (Lipinski definition) is 3. The maximum atomic E-state index is 12.9. The first-order valence-corrected chi connectivity index (χ1v) is 10.1. The Bertz CT molecular complexity index is 838. The standard InChI is InChI=1S/C22H27BrN2O3/c1-5-24-22(27)17(4)25(13-18-9-7-6-8-15(18)2)21(26)14-28-19-10-11-20(23)16(3)12-19/h6-12,17H,5,13-14H2,1-4H3,(H,24,27)/t17-/m1/s1. The fourth-order valence-corrected chi connectivity index (χ4v) is 3.06. The van der Waals surface area contributed by atoms with E-state index < -0.39 is 6.04 Å². The van der Waals surface area contributed by atoms with Crippen LogP contribution in [0.25, 0.3) is 0 Å². The number of halogens is 1. The molecule has 28 heavy (non-hydrogen) atoms. The second-order valence-corrected chi connectivity index (χ2v) is 7.57. The first kappa shape index (κ1) is 22.0. The average molecular weight is 447 g/mol. The predicted molar refractivity (Wildman–Crippen MR) is 114 cm³/mol. The zero-order valence-electron chi connectivity index (χ0n) is 16.8. The Morgan fingerprint density at radius 3 is 2.50 bits per heavy atom. The number of hydrogen-bond donors (Lipinski definition) is 1. The molecule has 0 heterocycles. The van der Waals surface area contributed by atoms with Gasteiger partial charge in [-0.3, -0.25) is 9.59 Å². The molecular formula is C22H27BrN2O3. The maximum absolute atomic E-state index is 12.9. The third-order valence-electron chi connectivity index (χ3n) is 4.61. The minimum atomic E-state index is -0.595. The number of rotatable bonds is 8. The highest BCUT2D eigenvalue weighted by Crippen LogP contribution is 2.22. The molecule has 0 aromatic heterocycles. The van der Waals surface area contributed by atoms with E-state index in [9.17, 15) is 9.59 Å². The van der Waals surface area contributed by atoms with Gasteiger partial charge in [0.2, 0.25) is 5.91 Å². The van der Waals surface area contributed by atoms with Crippen LogP contribution in [0, 0.1) is 13.8 Å². The van der Waals surface area contributed by atoms with Gasteiger partial charge in [-0.15, -0.1) is 0 Å². The molecule has 1 atom stereocenters. The molecule has 150 valence electrons. The minimum Gasteiger partial charge on any atom is -0.484 e. The Morgan fingerprint density at radius 2 is 1.86 bits per heavy atom. The molecule has 5 nitrogen and oxygen atoms in total. The lowest BCUT2D eigenvalue weighted by Gasteiger charge is -2.29. The number of ether oxygens (including phenoxy) is 1. The van der Waals surface area contributed by atoms with E-state index in [0.29, 0.717) is 18.8 Å². The summed E-state index contributed by atoms with van der Waals surface area (Å²) < 4.78 is 6.68. The number of aryl methyl sites for hydroxylation is 2. The van der Waals surface area contributed by atoms with E-state index in [1.165, 1.54) is 0 Å². The number of carbonyl (C=O) groups is 2. The summed E-state index contributed by atoms with van der Waals surface area (Å²) in [5.41, 5.74) is 3.11. The molecule has 0 fully saturated rings. The quantitative estimate of drug-likeness (QED) is 0.666. The van der Waals surface area contributed by atoms with Crippen LogP contribution in [0.4, 0.5) is 0 Å². The molecule has 0 saturated carbocycles. The van der Waals surface area contributed by atoms with Gasteiger partial charge >= 0.3 is 0 Å². The van der Waals surface area contributed by atoms with Crippen LogP contribution in [-0.4, -0.2) is 35.9 Å². The van der Waals surface area contributed by atoms with Crippen molar-refractivity contribution in [3.8, 4) is 5.75 Å². The van der Waals surface area contributed by atoms with Crippen LogP contribution in [0.5, 0.6) is 5.75 Å². The predicted octanol–water partition coefficient (Wildman–Crippen LogP) is 4.00. The summed E-state index contributed by atoms with van der Waals surface area (Å²) in [6.45, 7) is 8.30. The fourth-order valence-electron chi connectivity index (χ4n) is 2.81. The summed E-state index contributed by atoms with van der Waals surface area (Å²) in [5.74, 6) is 0.210. The Balaban J connectivity index is 2.16. The first-order chi connectivity index (χ1) is 13.3. The summed E-state index contributed by atoms with van der Waals surface area (Å²) in [4.78, 5) is 26.9. The number of carbonyl (C=O) groups excluding carboxylic acids is 2. The van der Waals surface area contributed by atoms with Gasteiger partial charge in [-0.2, -0.15) is 0 Å². The molecule has 2 rings (SSSR count). The van der Waals surface area contributed by atoms with Crippen LogP contribution in [0.2, 0.25) is 0 Å². The van der Waals surface area contributed by atoms with Gasteiger partial charge in [0.25, 0.3) is 5.91 Å². The summed E-state index contributed by atoms with van der Waals surface area (Å²) in [5, 5.41) is 2.79. The Morgan fingerprint density at radius 1 is 1.14 bits per heavy atom. The lowest BCUT2D eigenvalue weighted by atomic mass is 10.1. The maximum Gasteiger partial charge on any atom is 0.261 e. The highest BCUT2D eigenvalue weighted by molar-refractivity contribution is 9.10. The summed E-state index contributed by atoms with van der Waals surface area (Å²) >= 11 is 3.45. The van der Waals surface area contributed by atoms with E-state index in [0.717, 1.165) is 21.2 Å². The third-order valence-corrected chi connectivity index (χ3v) is 5.50. The molecule has 2 amide bonds. The van der Waals surface area contributed by atoms with Crippen molar-refractivity contribution in [3.05, 3.63) is 63.6 Å². The molecular weight excluding hydrogens is 420 g/mol. The van der Waals surface area contributed by atoms with Crippen molar-refractivity contribution in [2.45, 2.75) is 40.3 Å². The van der Waals surface area contributed by atoms with Crippen LogP contribution in [0.15, 0.2) is 46.9 Å². The zero-order valence-corrected chi connectivity index (χ0v) is 18.4. The van der Waals surface area contributed by atoms with Crippen LogP contribution >= 0.6 is 15.9 Å². The van der Waals surface area contributed by atoms with E-state index in [1.807, 2.05) is 63.2 Å². The van der Waals surface area contributed by atoms with Crippen LogP contribution in [-0.2, 0) is 16.1 Å². The summed E-state index contributed by atoms with van der Waals surface area (Å²) in [6, 6.07) is 12.8. The van der Waals surface area contributed by atoms with Crippen molar-refractivity contribution in [2.75, 3.05) is 13.2 Å². The largest absolute Gasteiger partial charge is 0.484 e. The van der Waals surface area contributed by atoms with E-state index in [1.54, 1.807) is 11.8 Å². The lowest BCUT2D eigenvalue weighted by molar-refractivity contribution is -0.142. The number of benzene rings is 2. The minimum absolute atomic E-state index is 0.128. The molecule has 6 heteroatoms. The van der Waals surface area contributed by atoms with E-state index in [2.05, 4.69) is 21.2 Å². The number of nitrogens with zero attached hydrogens (tertiary/aromatic N) is 1. The molecule has 0 saturated heterocycles. The molecule has 0 aliphatic heterocycles. The van der Waals surface area contributed by atoms with Crippen molar-refractivity contribution >= 4 is 27.7 Å². The Kier molecular flexibility index (Phi) is 8.05. The van der Waals surface area contributed by atoms with E-state index in [4.69, 9.17) is 4.74 Å². The van der Waals surface area contributed by atoms with Crippen molar-refractivity contribution in [1.82, 2.24) is 10.2 Å². The monoisotopic (exact) mass is 446 g/mol. The number of amides is 2. The smallest absolute Gasteiger partial charge is 0.261 e. The second kappa shape index (κ2) is 10.3. The molecule has 0 spiro atoms. The van der Waals surface area contributed by atoms with Crippen molar-refractivity contribution in [1.29, 1.82) is 0 Å². The zero-order chi connectivity index (χ0) is 20.7. The molecule has 1 N–H and O–H groups in total. The first-order valence-electron chi connectivity index (χ1n) is 9.34. The molecule has 0 bridgehead atoms. The number of nitrogens with one attached hydrogen (secondary N) is 1. The molecule has 0 aliphatic rings.